The van der Waals surface area contributed by atoms with Gasteiger partial charge in [-0.25, -0.2) is 9.37 Å². The van der Waals surface area contributed by atoms with E-state index in [4.69, 9.17) is 5.26 Å². The third-order valence-corrected chi connectivity index (χ3v) is 4.29. The van der Waals surface area contributed by atoms with E-state index in [-0.39, 0.29) is 24.7 Å². The van der Waals surface area contributed by atoms with Gasteiger partial charge in [0.15, 0.2) is 0 Å². The highest BCUT2D eigenvalue weighted by molar-refractivity contribution is 7.18. The molecule has 0 fully saturated rings. The molecule has 0 aliphatic carbocycles. The molecule has 1 N–H and O–H groups in total. The van der Waals surface area contributed by atoms with Crippen LogP contribution in [0.1, 0.15) is 5.01 Å². The Morgan fingerprint density at radius 2 is 2.09 bits per heavy atom. The van der Waals surface area contributed by atoms with Crippen LogP contribution in [0.3, 0.4) is 0 Å². The lowest BCUT2D eigenvalue weighted by Crippen LogP contribution is -2.25. The van der Waals surface area contributed by atoms with Gasteiger partial charge in [-0.15, -0.1) is 11.3 Å². The van der Waals surface area contributed by atoms with Gasteiger partial charge in [0.25, 0.3) is 0 Å². The standard InChI is InChI=1S/C17H12FN3OS/c18-13-3-1-2-11(8-13)12-4-5-14-15(9-12)23-17(21-14)10-16(22)20-7-6-19/h1-5,8-9H,7,10H2,(H,20,22). The summed E-state index contributed by atoms with van der Waals surface area (Å²) in [6.07, 6.45) is 0.149. The summed E-state index contributed by atoms with van der Waals surface area (Å²) in [7, 11) is 0. The molecule has 3 rings (SSSR count). The maximum absolute atomic E-state index is 13.3. The van der Waals surface area contributed by atoms with Gasteiger partial charge in [-0.1, -0.05) is 18.2 Å². The van der Waals surface area contributed by atoms with Crippen molar-refractivity contribution in [1.82, 2.24) is 10.3 Å². The Morgan fingerprint density at radius 3 is 2.87 bits per heavy atom. The molecule has 0 aliphatic heterocycles. The molecule has 0 radical (unpaired) electrons. The summed E-state index contributed by atoms with van der Waals surface area (Å²) in [6, 6.07) is 14.0. The number of nitrogens with zero attached hydrogens (tertiary/aromatic N) is 2. The molecule has 0 aliphatic rings. The number of fused-ring (bicyclic) bond motifs is 1. The second kappa shape index (κ2) is 6.55. The molecule has 0 unspecified atom stereocenters. The maximum Gasteiger partial charge on any atom is 0.227 e. The van der Waals surface area contributed by atoms with Gasteiger partial charge in [-0.05, 0) is 35.4 Å². The second-order valence-electron chi connectivity index (χ2n) is 4.91. The number of aromatic nitrogens is 1. The van der Waals surface area contributed by atoms with Crippen molar-refractivity contribution in [1.29, 1.82) is 5.26 Å². The van der Waals surface area contributed by atoms with E-state index in [1.165, 1.54) is 23.5 Å². The van der Waals surface area contributed by atoms with Crippen molar-refractivity contribution < 1.29 is 9.18 Å². The van der Waals surface area contributed by atoms with Crippen molar-refractivity contribution in [3.05, 3.63) is 53.3 Å². The number of benzene rings is 2. The van der Waals surface area contributed by atoms with E-state index in [0.717, 1.165) is 21.3 Å². The number of carbonyl (C=O) groups is 1. The number of thiazole rings is 1. The summed E-state index contributed by atoms with van der Waals surface area (Å²) >= 11 is 1.42. The molecule has 0 atom stereocenters. The smallest absolute Gasteiger partial charge is 0.227 e. The van der Waals surface area contributed by atoms with E-state index in [1.807, 2.05) is 30.3 Å². The van der Waals surface area contributed by atoms with Crippen LogP contribution in [-0.4, -0.2) is 17.4 Å². The first-order chi connectivity index (χ1) is 11.2. The van der Waals surface area contributed by atoms with Crippen LogP contribution in [0.15, 0.2) is 42.5 Å². The van der Waals surface area contributed by atoms with E-state index in [1.54, 1.807) is 6.07 Å². The number of hydrogen-bond donors (Lipinski definition) is 1. The highest BCUT2D eigenvalue weighted by atomic mass is 32.1. The van der Waals surface area contributed by atoms with E-state index in [0.29, 0.717) is 5.01 Å². The summed E-state index contributed by atoms with van der Waals surface area (Å²) in [4.78, 5) is 16.1. The summed E-state index contributed by atoms with van der Waals surface area (Å²) in [5.41, 5.74) is 2.51. The summed E-state index contributed by atoms with van der Waals surface area (Å²) in [5, 5.41) is 11.6. The van der Waals surface area contributed by atoms with Crippen LogP contribution in [0.2, 0.25) is 0 Å². The van der Waals surface area contributed by atoms with Crippen molar-refractivity contribution in [2.75, 3.05) is 6.54 Å². The lowest BCUT2D eigenvalue weighted by Gasteiger charge is -2.01. The minimum Gasteiger partial charge on any atom is -0.343 e. The predicted molar refractivity (Wildman–Crippen MR) is 87.3 cm³/mol. The minimum atomic E-state index is -0.276. The number of rotatable bonds is 4. The van der Waals surface area contributed by atoms with Gasteiger partial charge in [-0.3, -0.25) is 4.79 Å². The molecule has 0 saturated carbocycles. The topological polar surface area (TPSA) is 65.8 Å². The average molecular weight is 325 g/mol. The Labute approximate surface area is 136 Å². The van der Waals surface area contributed by atoms with Gasteiger partial charge in [0, 0.05) is 0 Å². The van der Waals surface area contributed by atoms with Crippen LogP contribution in [-0.2, 0) is 11.2 Å². The average Bonchev–Trinajstić information content (AvgIpc) is 2.94. The Balaban J connectivity index is 1.86. The van der Waals surface area contributed by atoms with Crippen molar-refractivity contribution in [3.63, 3.8) is 0 Å². The fraction of sp³-hybridized carbons (Fsp3) is 0.118. The van der Waals surface area contributed by atoms with Crippen molar-refractivity contribution >= 4 is 27.5 Å². The van der Waals surface area contributed by atoms with Crippen molar-refractivity contribution in [2.45, 2.75) is 6.42 Å². The van der Waals surface area contributed by atoms with E-state index in [9.17, 15) is 9.18 Å². The Morgan fingerprint density at radius 1 is 1.26 bits per heavy atom. The Kier molecular flexibility index (Phi) is 4.31. The molecule has 2 aromatic carbocycles. The van der Waals surface area contributed by atoms with Gasteiger partial charge in [0.05, 0.1) is 22.7 Å². The lowest BCUT2D eigenvalue weighted by molar-refractivity contribution is -0.120. The third-order valence-electron chi connectivity index (χ3n) is 3.27. The lowest BCUT2D eigenvalue weighted by atomic mass is 10.1. The van der Waals surface area contributed by atoms with Crippen LogP contribution in [0, 0.1) is 17.1 Å². The predicted octanol–water partition coefficient (Wildman–Crippen LogP) is 3.28. The number of amides is 1. The molecule has 0 saturated heterocycles. The molecule has 4 nitrogen and oxygen atoms in total. The molecular weight excluding hydrogens is 313 g/mol. The van der Waals surface area contributed by atoms with Crippen molar-refractivity contribution in [2.24, 2.45) is 0 Å². The van der Waals surface area contributed by atoms with Gasteiger partial charge in [0.2, 0.25) is 5.91 Å². The van der Waals surface area contributed by atoms with E-state index < -0.39 is 0 Å². The normalized spacial score (nSPS) is 10.4. The first-order valence-corrected chi connectivity index (χ1v) is 7.76. The maximum atomic E-state index is 13.3. The zero-order valence-electron chi connectivity index (χ0n) is 12.0. The summed E-state index contributed by atoms with van der Waals surface area (Å²) in [6.45, 7) is -0.00650. The van der Waals surface area contributed by atoms with Gasteiger partial charge >= 0.3 is 0 Å². The fourth-order valence-corrected chi connectivity index (χ4v) is 3.24. The second-order valence-corrected chi connectivity index (χ2v) is 6.03. The van der Waals surface area contributed by atoms with Crippen LogP contribution < -0.4 is 5.32 Å². The van der Waals surface area contributed by atoms with E-state index in [2.05, 4.69) is 10.3 Å². The fourth-order valence-electron chi connectivity index (χ4n) is 2.23. The first kappa shape index (κ1) is 15.1. The van der Waals surface area contributed by atoms with Crippen molar-refractivity contribution in [3.8, 4) is 17.2 Å². The summed E-state index contributed by atoms with van der Waals surface area (Å²) < 4.78 is 14.3. The molecular formula is C17H12FN3OS. The molecule has 0 spiro atoms. The molecule has 114 valence electrons. The monoisotopic (exact) mass is 325 g/mol. The Hall–Kier alpha value is -2.78. The largest absolute Gasteiger partial charge is 0.343 e. The van der Waals surface area contributed by atoms with Crippen LogP contribution in [0.25, 0.3) is 21.3 Å². The number of halogens is 1. The first-order valence-electron chi connectivity index (χ1n) is 6.95. The Bertz CT molecular complexity index is 914. The molecule has 23 heavy (non-hydrogen) atoms. The summed E-state index contributed by atoms with van der Waals surface area (Å²) in [5.74, 6) is -0.502. The molecule has 0 bridgehead atoms. The van der Waals surface area contributed by atoms with Crippen LogP contribution in [0.5, 0.6) is 0 Å². The quantitative estimate of drug-likeness (QED) is 0.749. The van der Waals surface area contributed by atoms with Crippen LogP contribution >= 0.6 is 11.3 Å². The third kappa shape index (κ3) is 3.52. The highest BCUT2D eigenvalue weighted by Gasteiger charge is 2.10. The number of nitriles is 1. The zero-order chi connectivity index (χ0) is 16.2. The molecule has 1 heterocycles. The van der Waals surface area contributed by atoms with Crippen LogP contribution in [0.4, 0.5) is 4.39 Å². The van der Waals surface area contributed by atoms with Gasteiger partial charge in [0.1, 0.15) is 17.4 Å². The van der Waals surface area contributed by atoms with Gasteiger partial charge < -0.3 is 5.32 Å². The molecule has 1 aromatic heterocycles. The number of carbonyl (C=O) groups excluding carboxylic acids is 1. The molecule has 3 aromatic rings. The molecule has 6 heteroatoms. The minimum absolute atomic E-state index is 0.00650. The molecule has 1 amide bonds. The SMILES string of the molecule is N#CCNC(=O)Cc1nc2ccc(-c3cccc(F)c3)cc2s1. The highest BCUT2D eigenvalue weighted by Crippen LogP contribution is 2.28. The zero-order valence-corrected chi connectivity index (χ0v) is 12.9. The number of hydrogen-bond acceptors (Lipinski definition) is 4. The van der Waals surface area contributed by atoms with E-state index >= 15 is 0 Å². The van der Waals surface area contributed by atoms with Gasteiger partial charge in [-0.2, -0.15) is 5.26 Å². The number of nitrogens with one attached hydrogen (secondary N) is 1.